The van der Waals surface area contributed by atoms with Gasteiger partial charge in [-0.05, 0) is 64.2 Å². The SMILES string of the molecule is CC/C=C\C/C=C\C/C=C\C/C=C\CCCCCCC(=O)OC[C@@H]1COP(=O)(O)O[C@H]2[C@H](O)[C@@H](O)[C@H](O)[C@@H](CCCCCCC(=O)O1)[C@@H](O)CC(=O)[C@H](/C=C/[C@@H](O)CCCCC)[C@@H](O)[C@H]2O. The van der Waals surface area contributed by atoms with E-state index in [9.17, 15) is 59.6 Å². The number of aliphatic hydroxyl groups is 7. The predicted octanol–water partition coefficient (Wildman–Crippen LogP) is 6.31. The fraction of sp³-hybridized carbons (Fsp3) is 0.735. The number of phosphoric acid groups is 1. The Kier molecular flexibility index (Phi) is 30.9. The quantitative estimate of drug-likeness (QED) is 0.0256. The van der Waals surface area contributed by atoms with Crippen LogP contribution in [-0.2, 0) is 37.5 Å². The molecule has 0 amide bonds. The number of carbonyl (C=O) groups is 3. The van der Waals surface area contributed by atoms with Crippen LogP contribution in [0.15, 0.2) is 60.8 Å². The lowest BCUT2D eigenvalue weighted by Crippen LogP contribution is -2.55. The molecule has 17 heteroatoms. The molecule has 2 bridgehead atoms. The number of cyclic esters (lactones) is 1. The molecule has 1 aliphatic heterocycles. The number of unbranched alkanes of at least 4 members (excludes halogenated alkanes) is 6. The van der Waals surface area contributed by atoms with Gasteiger partial charge in [0.15, 0.2) is 6.10 Å². The fourth-order valence-electron chi connectivity index (χ4n) is 7.79. The Morgan fingerprint density at radius 1 is 0.773 bits per heavy atom. The zero-order valence-corrected chi connectivity index (χ0v) is 40.1. The lowest BCUT2D eigenvalue weighted by molar-refractivity contribution is -0.167. The normalized spacial score (nSPS) is 31.2. The van der Waals surface area contributed by atoms with Gasteiger partial charge in [-0.1, -0.05) is 126 Å². The number of allylic oxidation sites excluding steroid dienone is 8. The summed E-state index contributed by atoms with van der Waals surface area (Å²) in [6, 6.07) is 0. The molecule has 0 spiro atoms. The number of aliphatic hydroxyl groups excluding tert-OH is 7. The predicted molar refractivity (Wildman–Crippen MR) is 250 cm³/mol. The molecule has 0 radical (unpaired) electrons. The first-order chi connectivity index (χ1) is 31.6. The van der Waals surface area contributed by atoms with Gasteiger partial charge in [0.25, 0.3) is 0 Å². The van der Waals surface area contributed by atoms with Crippen LogP contribution in [0.3, 0.4) is 0 Å². The number of hydrogen-bond donors (Lipinski definition) is 8. The first kappa shape index (κ1) is 59.3. The van der Waals surface area contributed by atoms with E-state index >= 15 is 0 Å². The number of carbonyl (C=O) groups excluding carboxylic acids is 3. The van der Waals surface area contributed by atoms with Gasteiger partial charge in [-0.15, -0.1) is 0 Å². The van der Waals surface area contributed by atoms with E-state index in [-0.39, 0.29) is 19.3 Å². The molecule has 2 fully saturated rings. The highest BCUT2D eigenvalue weighted by molar-refractivity contribution is 7.47. The molecular formula is C49H81O16P. The topological polar surface area (TPSA) is 267 Å². The fourth-order valence-corrected chi connectivity index (χ4v) is 8.77. The van der Waals surface area contributed by atoms with E-state index in [4.69, 9.17) is 18.5 Å². The lowest BCUT2D eigenvalue weighted by Gasteiger charge is -2.37. The van der Waals surface area contributed by atoms with Crippen LogP contribution in [0.4, 0.5) is 0 Å². The summed E-state index contributed by atoms with van der Waals surface area (Å²) in [7, 11) is -5.46. The van der Waals surface area contributed by atoms with Crippen molar-refractivity contribution in [3.63, 3.8) is 0 Å². The number of Topliss-reactive ketones (excluding diaryl/α,β-unsaturated/α-hetero) is 1. The number of fused-ring (bicyclic) bond motifs is 4. The van der Waals surface area contributed by atoms with Crippen molar-refractivity contribution >= 4 is 25.5 Å². The van der Waals surface area contributed by atoms with Crippen molar-refractivity contribution in [1.29, 1.82) is 0 Å². The van der Waals surface area contributed by atoms with Gasteiger partial charge >= 0.3 is 19.8 Å². The molecular weight excluding hydrogens is 875 g/mol. The van der Waals surface area contributed by atoms with Crippen molar-refractivity contribution in [3.05, 3.63) is 60.8 Å². The molecule has 16 nitrogen and oxygen atoms in total. The molecule has 1 unspecified atom stereocenters. The maximum absolute atomic E-state index is 13.7. The summed E-state index contributed by atoms with van der Waals surface area (Å²) >= 11 is 0. The molecule has 0 aromatic carbocycles. The Hall–Kier alpha value is -2.86. The largest absolute Gasteiger partial charge is 0.472 e. The second-order valence-electron chi connectivity index (χ2n) is 17.4. The van der Waals surface area contributed by atoms with Crippen LogP contribution in [0.1, 0.15) is 149 Å². The van der Waals surface area contributed by atoms with Crippen LogP contribution >= 0.6 is 7.82 Å². The Morgan fingerprint density at radius 2 is 1.41 bits per heavy atom. The van der Waals surface area contributed by atoms with Crippen LogP contribution in [0.2, 0.25) is 0 Å². The van der Waals surface area contributed by atoms with Gasteiger partial charge in [0.05, 0.1) is 36.9 Å². The van der Waals surface area contributed by atoms with Crippen molar-refractivity contribution < 1.29 is 78.1 Å². The molecule has 66 heavy (non-hydrogen) atoms. The van der Waals surface area contributed by atoms with E-state index in [0.717, 1.165) is 70.3 Å². The molecule has 0 aromatic rings. The molecule has 1 saturated heterocycles. The van der Waals surface area contributed by atoms with Gasteiger partial charge in [-0.2, -0.15) is 0 Å². The first-order valence-electron chi connectivity index (χ1n) is 24.2. The number of ketones is 1. The third-order valence-electron chi connectivity index (χ3n) is 11.7. The summed E-state index contributed by atoms with van der Waals surface area (Å²) in [6.07, 6.45) is 13.5. The number of ether oxygens (including phenoxy) is 2. The van der Waals surface area contributed by atoms with Gasteiger partial charge in [-0.25, -0.2) is 4.57 Å². The minimum Gasteiger partial charge on any atom is -0.462 e. The van der Waals surface area contributed by atoms with Crippen LogP contribution in [0, 0.1) is 11.8 Å². The summed E-state index contributed by atoms with van der Waals surface area (Å²) in [6.45, 7) is 2.68. The maximum atomic E-state index is 13.7. The number of hydrogen-bond acceptors (Lipinski definition) is 15. The first-order valence-corrected chi connectivity index (χ1v) is 25.7. The van der Waals surface area contributed by atoms with Gasteiger partial charge < -0.3 is 50.1 Å². The highest BCUT2D eigenvalue weighted by Crippen LogP contribution is 2.47. The molecule has 378 valence electrons. The second kappa shape index (κ2) is 34.4. The van der Waals surface area contributed by atoms with Crippen molar-refractivity contribution in [1.82, 2.24) is 0 Å². The number of phosphoric ester groups is 1. The molecule has 0 aromatic heterocycles. The molecule has 1 saturated carbocycles. The maximum Gasteiger partial charge on any atom is 0.472 e. The Labute approximate surface area is 392 Å². The van der Waals surface area contributed by atoms with Gasteiger partial charge in [0.1, 0.15) is 36.8 Å². The summed E-state index contributed by atoms with van der Waals surface area (Å²) in [5.74, 6) is -5.01. The summed E-state index contributed by atoms with van der Waals surface area (Å²) in [5, 5.41) is 78.5. The smallest absolute Gasteiger partial charge is 0.462 e. The van der Waals surface area contributed by atoms with Crippen LogP contribution < -0.4 is 0 Å². The zero-order valence-electron chi connectivity index (χ0n) is 39.2. The van der Waals surface area contributed by atoms with E-state index in [1.165, 1.54) is 6.08 Å². The molecule has 2 rings (SSSR count). The van der Waals surface area contributed by atoms with Crippen molar-refractivity contribution in [2.75, 3.05) is 13.2 Å². The average molecular weight is 957 g/mol. The molecule has 1 aliphatic carbocycles. The molecule has 2 aliphatic rings. The van der Waals surface area contributed by atoms with Crippen LogP contribution in [-0.4, -0.2) is 127 Å². The minimum atomic E-state index is -5.46. The number of esters is 2. The molecule has 1 heterocycles. The van der Waals surface area contributed by atoms with Crippen molar-refractivity contribution in [2.24, 2.45) is 11.8 Å². The Bertz CT molecular complexity index is 1560. The third-order valence-corrected chi connectivity index (χ3v) is 12.7. The molecule has 8 N–H and O–H groups in total. The monoisotopic (exact) mass is 957 g/mol. The lowest BCUT2D eigenvalue weighted by atomic mass is 9.82. The third kappa shape index (κ3) is 24.4. The number of rotatable bonds is 22. The van der Waals surface area contributed by atoms with E-state index in [2.05, 4.69) is 55.5 Å². The van der Waals surface area contributed by atoms with E-state index in [0.29, 0.717) is 44.9 Å². The van der Waals surface area contributed by atoms with E-state index in [1.54, 1.807) is 0 Å². The van der Waals surface area contributed by atoms with Gasteiger partial charge in [0.2, 0.25) is 0 Å². The summed E-state index contributed by atoms with van der Waals surface area (Å²) < 4.78 is 34.6. The summed E-state index contributed by atoms with van der Waals surface area (Å²) in [4.78, 5) is 50.1. The summed E-state index contributed by atoms with van der Waals surface area (Å²) in [5.41, 5.74) is 0. The standard InChI is InChI=1S/C49H81O16P/c1-3-5-7-8-9-10-11-12-13-14-15-16-17-18-19-20-25-29-42(53)62-34-37-35-63-66(60,61)65-49-47(58)45(56)39(32-31-36(50)27-23-6-4-2)41(52)33-40(51)38(44(55)46(57)48(49)59)28-24-21-22-26-30-43(54)64-37/h5,7,9-10,12-13,15-16,31-32,36-40,44-51,55-59H,3-4,6,8,11,14,17-30,33-35H2,1-2H3,(H,60,61)/b7-5-,10-9-,13-12-,16-15-,32-31+/t36-,37+,38-,39-,40-,44+,45+,46-,47+,48+,49+/m0/s1. The molecule has 12 atom stereocenters. The minimum absolute atomic E-state index is 0.0260. The van der Waals surface area contributed by atoms with Crippen LogP contribution in [0.5, 0.6) is 0 Å². The van der Waals surface area contributed by atoms with Crippen molar-refractivity contribution in [2.45, 2.75) is 204 Å². The average Bonchev–Trinajstić information content (AvgIpc) is 3.28. The van der Waals surface area contributed by atoms with Crippen molar-refractivity contribution in [3.8, 4) is 0 Å². The van der Waals surface area contributed by atoms with Gasteiger partial charge in [-0.3, -0.25) is 23.4 Å². The highest BCUT2D eigenvalue weighted by atomic mass is 31.2. The Balaban J connectivity index is 2.12. The van der Waals surface area contributed by atoms with E-state index < -0.39 is 112 Å². The Morgan fingerprint density at radius 3 is 2.09 bits per heavy atom. The second-order valence-corrected chi connectivity index (χ2v) is 18.8. The zero-order chi connectivity index (χ0) is 48.7. The van der Waals surface area contributed by atoms with E-state index in [1.807, 2.05) is 6.92 Å². The van der Waals surface area contributed by atoms with Gasteiger partial charge in [0, 0.05) is 25.2 Å². The van der Waals surface area contributed by atoms with Crippen LogP contribution in [0.25, 0.3) is 0 Å². The highest BCUT2D eigenvalue weighted by Gasteiger charge is 2.49.